The molecule has 1 heterocycles. The van der Waals surface area contributed by atoms with E-state index in [1.807, 2.05) is 31.2 Å². The number of carbonyl (C=O) groups is 1. The van der Waals surface area contributed by atoms with E-state index in [9.17, 15) is 4.79 Å². The van der Waals surface area contributed by atoms with Crippen LogP contribution in [-0.2, 0) is 17.9 Å². The molecule has 3 N–H and O–H groups in total. The highest BCUT2D eigenvalue weighted by molar-refractivity contribution is 5.88. The summed E-state index contributed by atoms with van der Waals surface area (Å²) in [6, 6.07) is 7.69. The van der Waals surface area contributed by atoms with Crippen LogP contribution < -0.4 is 10.6 Å². The van der Waals surface area contributed by atoms with E-state index in [0.29, 0.717) is 25.4 Å². The van der Waals surface area contributed by atoms with E-state index in [1.165, 1.54) is 0 Å². The Hall–Kier alpha value is -2.34. The molecule has 0 bridgehead atoms. The van der Waals surface area contributed by atoms with Crippen molar-refractivity contribution in [3.8, 4) is 0 Å². The molecule has 0 aliphatic carbocycles. The summed E-state index contributed by atoms with van der Waals surface area (Å²) in [7, 11) is 0. The lowest BCUT2D eigenvalue weighted by molar-refractivity contribution is 0.134. The third-order valence-corrected chi connectivity index (χ3v) is 2.67. The van der Waals surface area contributed by atoms with E-state index in [2.05, 4.69) is 20.8 Å². The fourth-order valence-electron chi connectivity index (χ4n) is 1.73. The first-order chi connectivity index (χ1) is 9.78. The largest absolute Gasteiger partial charge is 0.377 e. The molecule has 0 aliphatic rings. The molecule has 6 nitrogen and oxygen atoms in total. The summed E-state index contributed by atoms with van der Waals surface area (Å²) in [6.45, 7) is 3.70. The third-order valence-electron chi connectivity index (χ3n) is 2.67. The van der Waals surface area contributed by atoms with Crippen LogP contribution in [0, 0.1) is 0 Å². The summed E-state index contributed by atoms with van der Waals surface area (Å²) in [6.07, 6.45) is 3.16. The topological polar surface area (TPSA) is 79.0 Å². The zero-order chi connectivity index (χ0) is 14.2. The van der Waals surface area contributed by atoms with Gasteiger partial charge < -0.3 is 15.4 Å². The van der Waals surface area contributed by atoms with Crippen molar-refractivity contribution in [1.82, 2.24) is 15.5 Å². The molecule has 1 aromatic heterocycles. The van der Waals surface area contributed by atoms with Gasteiger partial charge in [0.15, 0.2) is 0 Å². The number of urea groups is 1. The third kappa shape index (κ3) is 4.40. The monoisotopic (exact) mass is 274 g/mol. The van der Waals surface area contributed by atoms with Crippen LogP contribution >= 0.6 is 0 Å². The quantitative estimate of drug-likeness (QED) is 0.756. The standard InChI is InChI=1S/C14H18N4O2/c1-2-20-10-12-5-3-4-11(6-12)7-15-14(19)18-13-8-16-17-9-13/h3-6,8-9H,2,7,10H2,1H3,(H,16,17)(H2,15,18,19). The highest BCUT2D eigenvalue weighted by Gasteiger charge is 2.02. The number of rotatable bonds is 6. The SMILES string of the molecule is CCOCc1cccc(CNC(=O)Nc2cn[nH]c2)c1. The smallest absolute Gasteiger partial charge is 0.319 e. The number of amides is 2. The Morgan fingerprint density at radius 2 is 2.25 bits per heavy atom. The van der Waals surface area contributed by atoms with Gasteiger partial charge in [0.1, 0.15) is 0 Å². The summed E-state index contributed by atoms with van der Waals surface area (Å²) < 4.78 is 5.36. The average Bonchev–Trinajstić information content (AvgIpc) is 2.96. The second-order valence-electron chi connectivity index (χ2n) is 4.25. The van der Waals surface area contributed by atoms with Crippen LogP contribution in [0.4, 0.5) is 10.5 Å². The number of anilines is 1. The number of hydrogen-bond acceptors (Lipinski definition) is 3. The number of ether oxygens (including phenoxy) is 1. The number of aromatic nitrogens is 2. The lowest BCUT2D eigenvalue weighted by Crippen LogP contribution is -2.28. The van der Waals surface area contributed by atoms with Crippen molar-refractivity contribution in [2.45, 2.75) is 20.1 Å². The van der Waals surface area contributed by atoms with Crippen molar-refractivity contribution in [1.29, 1.82) is 0 Å². The number of nitrogens with one attached hydrogen (secondary N) is 3. The van der Waals surface area contributed by atoms with E-state index in [0.717, 1.165) is 11.1 Å². The van der Waals surface area contributed by atoms with Gasteiger partial charge in [0.05, 0.1) is 18.5 Å². The number of aromatic amines is 1. The van der Waals surface area contributed by atoms with Gasteiger partial charge in [0, 0.05) is 19.3 Å². The second kappa shape index (κ2) is 7.30. The molecular weight excluding hydrogens is 256 g/mol. The zero-order valence-electron chi connectivity index (χ0n) is 11.3. The van der Waals surface area contributed by atoms with Gasteiger partial charge in [-0.15, -0.1) is 0 Å². The molecule has 106 valence electrons. The summed E-state index contributed by atoms with van der Waals surface area (Å²) in [5.41, 5.74) is 2.76. The van der Waals surface area contributed by atoms with Crippen LogP contribution in [0.2, 0.25) is 0 Å². The molecule has 20 heavy (non-hydrogen) atoms. The van der Waals surface area contributed by atoms with Crippen LogP contribution in [0.15, 0.2) is 36.7 Å². The lowest BCUT2D eigenvalue weighted by Gasteiger charge is -2.08. The number of carbonyl (C=O) groups excluding carboxylic acids is 1. The van der Waals surface area contributed by atoms with Crippen LogP contribution in [0.1, 0.15) is 18.1 Å². The van der Waals surface area contributed by atoms with Crippen molar-refractivity contribution < 1.29 is 9.53 Å². The van der Waals surface area contributed by atoms with Crippen molar-refractivity contribution in [2.24, 2.45) is 0 Å². The Kier molecular flexibility index (Phi) is 5.14. The maximum atomic E-state index is 11.7. The molecule has 0 atom stereocenters. The van der Waals surface area contributed by atoms with E-state index < -0.39 is 0 Å². The van der Waals surface area contributed by atoms with Crippen molar-refractivity contribution >= 4 is 11.7 Å². The van der Waals surface area contributed by atoms with Gasteiger partial charge in [0.2, 0.25) is 0 Å². The molecular formula is C14H18N4O2. The van der Waals surface area contributed by atoms with Gasteiger partial charge in [-0.25, -0.2) is 4.79 Å². The van der Waals surface area contributed by atoms with E-state index in [-0.39, 0.29) is 6.03 Å². The summed E-state index contributed by atoms with van der Waals surface area (Å²) in [4.78, 5) is 11.7. The molecule has 0 fully saturated rings. The van der Waals surface area contributed by atoms with Gasteiger partial charge in [-0.05, 0) is 18.1 Å². The summed E-state index contributed by atoms with van der Waals surface area (Å²) in [5.74, 6) is 0. The molecule has 2 amide bonds. The second-order valence-corrected chi connectivity index (χ2v) is 4.25. The van der Waals surface area contributed by atoms with E-state index in [4.69, 9.17) is 4.74 Å². The zero-order valence-corrected chi connectivity index (χ0v) is 11.3. The molecule has 0 radical (unpaired) electrons. The minimum atomic E-state index is -0.262. The first kappa shape index (κ1) is 14.1. The predicted molar refractivity (Wildman–Crippen MR) is 76.2 cm³/mol. The fraction of sp³-hybridized carbons (Fsp3) is 0.286. The lowest BCUT2D eigenvalue weighted by atomic mass is 10.1. The first-order valence-corrected chi connectivity index (χ1v) is 6.47. The van der Waals surface area contributed by atoms with Crippen LogP contribution in [0.5, 0.6) is 0 Å². The van der Waals surface area contributed by atoms with Crippen molar-refractivity contribution in [2.75, 3.05) is 11.9 Å². The Labute approximate surface area is 117 Å². The number of hydrogen-bond donors (Lipinski definition) is 3. The Bertz CT molecular complexity index is 540. The van der Waals surface area contributed by atoms with E-state index >= 15 is 0 Å². The molecule has 6 heteroatoms. The summed E-state index contributed by atoms with van der Waals surface area (Å²) >= 11 is 0. The van der Waals surface area contributed by atoms with Gasteiger partial charge in [-0.1, -0.05) is 24.3 Å². The maximum Gasteiger partial charge on any atom is 0.319 e. The molecule has 0 spiro atoms. The minimum Gasteiger partial charge on any atom is -0.377 e. The molecule has 1 aromatic carbocycles. The van der Waals surface area contributed by atoms with Crippen LogP contribution in [0.25, 0.3) is 0 Å². The Morgan fingerprint density at radius 3 is 3.00 bits per heavy atom. The molecule has 0 aliphatic heterocycles. The van der Waals surface area contributed by atoms with Gasteiger partial charge in [-0.3, -0.25) is 5.10 Å². The molecule has 0 saturated heterocycles. The highest BCUT2D eigenvalue weighted by atomic mass is 16.5. The van der Waals surface area contributed by atoms with Gasteiger partial charge >= 0.3 is 6.03 Å². The Morgan fingerprint density at radius 1 is 1.40 bits per heavy atom. The maximum absolute atomic E-state index is 11.7. The highest BCUT2D eigenvalue weighted by Crippen LogP contribution is 2.07. The van der Waals surface area contributed by atoms with Crippen LogP contribution in [-0.4, -0.2) is 22.8 Å². The normalized spacial score (nSPS) is 10.2. The number of nitrogens with zero attached hydrogens (tertiary/aromatic N) is 1. The summed E-state index contributed by atoms with van der Waals surface area (Å²) in [5, 5.41) is 11.8. The fourth-order valence-corrected chi connectivity index (χ4v) is 1.73. The average molecular weight is 274 g/mol. The number of benzene rings is 1. The van der Waals surface area contributed by atoms with Crippen molar-refractivity contribution in [3.63, 3.8) is 0 Å². The number of H-pyrrole nitrogens is 1. The minimum absolute atomic E-state index is 0.262. The Balaban J connectivity index is 1.82. The molecule has 0 unspecified atom stereocenters. The molecule has 0 saturated carbocycles. The van der Waals surface area contributed by atoms with Crippen molar-refractivity contribution in [3.05, 3.63) is 47.8 Å². The van der Waals surface area contributed by atoms with Gasteiger partial charge in [-0.2, -0.15) is 5.10 Å². The van der Waals surface area contributed by atoms with E-state index in [1.54, 1.807) is 12.4 Å². The van der Waals surface area contributed by atoms with Gasteiger partial charge in [0.25, 0.3) is 0 Å². The predicted octanol–water partition coefficient (Wildman–Crippen LogP) is 2.27. The molecule has 2 aromatic rings. The molecule has 2 rings (SSSR count). The van der Waals surface area contributed by atoms with Crippen LogP contribution in [0.3, 0.4) is 0 Å². The first-order valence-electron chi connectivity index (χ1n) is 6.47.